The summed E-state index contributed by atoms with van der Waals surface area (Å²) in [5.74, 6) is 2.39. The van der Waals surface area contributed by atoms with Gasteiger partial charge in [-0.1, -0.05) is 56.9 Å². The van der Waals surface area contributed by atoms with Gasteiger partial charge in [0.25, 0.3) is 0 Å². The molecule has 0 bridgehead atoms. The first-order valence-corrected chi connectivity index (χ1v) is 13.2. The summed E-state index contributed by atoms with van der Waals surface area (Å²) in [6.45, 7) is 12.3. The average Bonchev–Trinajstić information content (AvgIpc) is 3.04. The first-order chi connectivity index (χ1) is 15.0. The van der Waals surface area contributed by atoms with Gasteiger partial charge in [0.15, 0.2) is 0 Å². The lowest BCUT2D eigenvalue weighted by atomic mass is 9.49. The second-order valence-corrected chi connectivity index (χ2v) is 12.6. The van der Waals surface area contributed by atoms with Crippen LogP contribution in [0, 0.1) is 34.5 Å². The molecule has 4 rings (SSSR count). The topological polar surface area (TPSA) is 26.3 Å². The Bertz CT molecular complexity index is 789. The molecule has 0 heterocycles. The lowest BCUT2D eigenvalue weighted by Crippen LogP contribution is -2.51. The van der Waals surface area contributed by atoms with E-state index < -0.39 is 5.67 Å². The van der Waals surface area contributed by atoms with E-state index in [1.807, 2.05) is 0 Å². The molecule has 0 aliphatic heterocycles. The third-order valence-corrected chi connectivity index (χ3v) is 10.1. The smallest absolute Gasteiger partial charge is 0.302 e. The van der Waals surface area contributed by atoms with Crippen molar-refractivity contribution < 1.29 is 13.9 Å². The summed E-state index contributed by atoms with van der Waals surface area (Å²) < 4.78 is 19.9. The maximum Gasteiger partial charge on any atom is 0.302 e. The van der Waals surface area contributed by atoms with E-state index in [2.05, 4.69) is 32.9 Å². The summed E-state index contributed by atoms with van der Waals surface area (Å²) in [6.07, 6.45) is 16.0. The fourth-order valence-electron chi connectivity index (χ4n) is 8.44. The van der Waals surface area contributed by atoms with Gasteiger partial charge >= 0.3 is 5.97 Å². The third-order valence-electron chi connectivity index (χ3n) is 10.1. The molecule has 0 aromatic carbocycles. The van der Waals surface area contributed by atoms with E-state index in [-0.39, 0.29) is 17.5 Å². The maximum atomic E-state index is 14.0. The lowest BCUT2D eigenvalue weighted by molar-refractivity contribution is -0.156. The normalized spacial score (nSPS) is 39.8. The Kier molecular flexibility index (Phi) is 6.44. The van der Waals surface area contributed by atoms with Crippen LogP contribution in [0.1, 0.15) is 106 Å². The highest BCUT2D eigenvalue weighted by molar-refractivity contribution is 5.66. The van der Waals surface area contributed by atoms with Gasteiger partial charge in [-0.2, -0.15) is 0 Å². The van der Waals surface area contributed by atoms with E-state index in [0.717, 1.165) is 38.0 Å². The van der Waals surface area contributed by atoms with E-state index in [1.54, 1.807) is 26.3 Å². The molecule has 0 saturated heterocycles. The number of halogens is 1. The van der Waals surface area contributed by atoms with Crippen molar-refractivity contribution in [2.75, 3.05) is 0 Å². The molecular weight excluding hydrogens is 399 g/mol. The standard InChI is InChI=1S/C29H45FO2/c1-19(9-8-17-27(3,4)30)23-14-15-24-22-13-12-21-10-7-11-26(32-20(2)31)29(21,6)25(22)16-18-28(23,24)5/h12-13,19,23-26H,7-11,14-18H2,1-6H3/t19-,23-,24+,25+,26+,28-,29+/m1/s1. The Morgan fingerprint density at radius 3 is 2.62 bits per heavy atom. The van der Waals surface area contributed by atoms with Crippen LogP contribution in [-0.4, -0.2) is 17.7 Å². The predicted molar refractivity (Wildman–Crippen MR) is 129 cm³/mol. The van der Waals surface area contributed by atoms with E-state index >= 15 is 0 Å². The molecule has 0 radical (unpaired) electrons. The SMILES string of the molecule is CC(=O)O[C@H]1CCCC2=CC=C3[C@@H]4CC[C@H]([C@H](C)CCCC(C)(C)F)[C@@]4(C)CC[C@@H]3[C@]21C. The van der Waals surface area contributed by atoms with Crippen molar-refractivity contribution >= 4 is 5.97 Å². The summed E-state index contributed by atoms with van der Waals surface area (Å²) in [5, 5.41) is 0. The molecule has 7 atom stereocenters. The number of hydrogen-bond acceptors (Lipinski definition) is 2. The van der Waals surface area contributed by atoms with E-state index in [9.17, 15) is 9.18 Å². The van der Waals surface area contributed by atoms with Gasteiger partial charge in [0.2, 0.25) is 0 Å². The van der Waals surface area contributed by atoms with Crippen LogP contribution >= 0.6 is 0 Å². The number of hydrogen-bond donors (Lipinski definition) is 0. The molecule has 32 heavy (non-hydrogen) atoms. The van der Waals surface area contributed by atoms with Gasteiger partial charge < -0.3 is 4.74 Å². The monoisotopic (exact) mass is 444 g/mol. The van der Waals surface area contributed by atoms with Crippen molar-refractivity contribution in [3.05, 3.63) is 23.3 Å². The molecule has 3 saturated carbocycles. The Morgan fingerprint density at radius 2 is 1.94 bits per heavy atom. The number of ether oxygens (including phenoxy) is 1. The quantitative estimate of drug-likeness (QED) is 0.388. The number of carbonyl (C=O) groups is 1. The zero-order chi connectivity index (χ0) is 23.3. The van der Waals surface area contributed by atoms with Gasteiger partial charge in [0.05, 0.1) is 0 Å². The Morgan fingerprint density at radius 1 is 1.19 bits per heavy atom. The number of esters is 1. The van der Waals surface area contributed by atoms with Crippen molar-refractivity contribution in [3.8, 4) is 0 Å². The van der Waals surface area contributed by atoms with Gasteiger partial charge in [-0.15, -0.1) is 0 Å². The van der Waals surface area contributed by atoms with Crippen molar-refractivity contribution in [2.24, 2.45) is 34.5 Å². The summed E-state index contributed by atoms with van der Waals surface area (Å²) in [7, 11) is 0. The average molecular weight is 445 g/mol. The molecule has 3 fully saturated rings. The van der Waals surface area contributed by atoms with Crippen LogP contribution in [0.15, 0.2) is 23.3 Å². The Balaban J connectivity index is 1.54. The van der Waals surface area contributed by atoms with Crippen LogP contribution in [0.2, 0.25) is 0 Å². The molecule has 2 nitrogen and oxygen atoms in total. The molecule has 180 valence electrons. The predicted octanol–water partition coefficient (Wildman–Crippen LogP) is 7.97. The summed E-state index contributed by atoms with van der Waals surface area (Å²) >= 11 is 0. The van der Waals surface area contributed by atoms with E-state index in [1.165, 1.54) is 31.3 Å². The number of allylic oxidation sites excluding steroid dienone is 3. The van der Waals surface area contributed by atoms with Crippen LogP contribution in [0.4, 0.5) is 4.39 Å². The minimum absolute atomic E-state index is 0.0123. The lowest BCUT2D eigenvalue weighted by Gasteiger charge is -2.56. The van der Waals surface area contributed by atoms with Crippen molar-refractivity contribution in [1.82, 2.24) is 0 Å². The molecule has 0 amide bonds. The fraction of sp³-hybridized carbons (Fsp3) is 0.828. The molecule has 0 N–H and O–H groups in total. The highest BCUT2D eigenvalue weighted by Crippen LogP contribution is 2.66. The van der Waals surface area contributed by atoms with Crippen LogP contribution in [0.5, 0.6) is 0 Å². The van der Waals surface area contributed by atoms with Gasteiger partial charge in [0.1, 0.15) is 11.8 Å². The summed E-state index contributed by atoms with van der Waals surface area (Å²) in [5.41, 5.74) is 2.41. The highest BCUT2D eigenvalue weighted by atomic mass is 19.1. The number of alkyl halides is 1. The summed E-state index contributed by atoms with van der Waals surface area (Å²) in [4.78, 5) is 11.9. The van der Waals surface area contributed by atoms with Crippen molar-refractivity contribution in [2.45, 2.75) is 118 Å². The number of rotatable bonds is 6. The molecule has 0 aromatic rings. The van der Waals surface area contributed by atoms with Crippen LogP contribution < -0.4 is 0 Å². The fourth-order valence-corrected chi connectivity index (χ4v) is 8.44. The first kappa shape index (κ1) is 24.0. The van der Waals surface area contributed by atoms with Gasteiger partial charge in [-0.3, -0.25) is 4.79 Å². The molecular formula is C29H45FO2. The second kappa shape index (κ2) is 8.58. The zero-order valence-corrected chi connectivity index (χ0v) is 21.3. The van der Waals surface area contributed by atoms with Crippen molar-refractivity contribution in [3.63, 3.8) is 0 Å². The molecule has 0 aromatic heterocycles. The van der Waals surface area contributed by atoms with Crippen LogP contribution in [0.3, 0.4) is 0 Å². The van der Waals surface area contributed by atoms with Gasteiger partial charge in [-0.25, -0.2) is 4.39 Å². The third kappa shape index (κ3) is 4.11. The minimum Gasteiger partial charge on any atom is -0.462 e. The van der Waals surface area contributed by atoms with E-state index in [0.29, 0.717) is 29.6 Å². The molecule has 4 aliphatic rings. The van der Waals surface area contributed by atoms with Gasteiger partial charge in [0, 0.05) is 12.3 Å². The van der Waals surface area contributed by atoms with Gasteiger partial charge in [-0.05, 0) is 94.3 Å². The minimum atomic E-state index is -1.05. The molecule has 3 heteroatoms. The Labute approximate surface area is 195 Å². The second-order valence-electron chi connectivity index (χ2n) is 12.6. The highest BCUT2D eigenvalue weighted by Gasteiger charge is 2.59. The van der Waals surface area contributed by atoms with Crippen LogP contribution in [0.25, 0.3) is 0 Å². The van der Waals surface area contributed by atoms with Crippen LogP contribution in [-0.2, 0) is 9.53 Å². The maximum absolute atomic E-state index is 14.0. The number of fused-ring (bicyclic) bond motifs is 5. The largest absolute Gasteiger partial charge is 0.462 e. The van der Waals surface area contributed by atoms with Crippen molar-refractivity contribution in [1.29, 1.82) is 0 Å². The van der Waals surface area contributed by atoms with E-state index in [4.69, 9.17) is 4.74 Å². The number of carbonyl (C=O) groups excluding carboxylic acids is 1. The Hall–Kier alpha value is -1.12. The zero-order valence-electron chi connectivity index (χ0n) is 21.3. The summed E-state index contributed by atoms with van der Waals surface area (Å²) in [6, 6.07) is 0. The molecule has 4 aliphatic carbocycles. The first-order valence-electron chi connectivity index (χ1n) is 13.2. The molecule has 0 unspecified atom stereocenters. The molecule has 0 spiro atoms.